The molecule has 1 unspecified atom stereocenters. The van der Waals surface area contributed by atoms with E-state index in [1.807, 2.05) is 42.8 Å². The molecule has 0 fully saturated rings. The summed E-state index contributed by atoms with van der Waals surface area (Å²) in [5.74, 6) is 0.165. The monoisotopic (exact) mass is 552 g/mol. The van der Waals surface area contributed by atoms with E-state index < -0.39 is 17.7 Å². The normalized spacial score (nSPS) is 15.5. The number of aryl methyl sites for hydroxylation is 3. The highest BCUT2D eigenvalue weighted by molar-refractivity contribution is 7.14. The molecule has 0 radical (unpaired) electrons. The standard InChI is InChI=1S/C29H36N4O5S/c1-6-37-23-16-21(8-9-22(23)38-15-10-18(2)3)25-24(26(34)28-19(4)31-20(5)39-28)27(35)29(36)33(25)13-7-12-32-14-11-30-17-32/h8-9,11,14,16-18,25,35H,6-7,10,12-13,15H2,1-5H3. The van der Waals surface area contributed by atoms with Crippen LogP contribution in [0.4, 0.5) is 0 Å². The number of aromatic nitrogens is 3. The zero-order valence-corrected chi connectivity index (χ0v) is 24.0. The third-order valence-corrected chi connectivity index (χ3v) is 7.64. The number of thiazole rings is 1. The highest BCUT2D eigenvalue weighted by Gasteiger charge is 2.44. The van der Waals surface area contributed by atoms with Crippen LogP contribution in [-0.2, 0) is 11.3 Å². The quantitative estimate of drug-likeness (QED) is 0.281. The van der Waals surface area contributed by atoms with Crippen molar-refractivity contribution in [3.8, 4) is 11.5 Å². The number of Topliss-reactive ketones (excluding diaryl/α,β-unsaturated/α-hetero) is 1. The van der Waals surface area contributed by atoms with E-state index in [9.17, 15) is 14.7 Å². The Bertz CT molecular complexity index is 1350. The smallest absolute Gasteiger partial charge is 0.290 e. The minimum atomic E-state index is -0.779. The van der Waals surface area contributed by atoms with Gasteiger partial charge in [-0.15, -0.1) is 11.3 Å². The molecule has 4 rings (SSSR count). The molecule has 1 amide bonds. The van der Waals surface area contributed by atoms with Gasteiger partial charge < -0.3 is 24.0 Å². The van der Waals surface area contributed by atoms with Crippen molar-refractivity contribution >= 4 is 23.0 Å². The van der Waals surface area contributed by atoms with Crippen LogP contribution in [0.1, 0.15) is 65.6 Å². The highest BCUT2D eigenvalue weighted by Crippen LogP contribution is 2.42. The second kappa shape index (κ2) is 12.5. The third-order valence-electron chi connectivity index (χ3n) is 6.57. The van der Waals surface area contributed by atoms with Gasteiger partial charge in [-0.2, -0.15) is 0 Å². The number of hydrogen-bond acceptors (Lipinski definition) is 8. The van der Waals surface area contributed by atoms with Crippen molar-refractivity contribution in [2.45, 2.75) is 60.0 Å². The van der Waals surface area contributed by atoms with Crippen molar-refractivity contribution in [2.75, 3.05) is 19.8 Å². The SMILES string of the molecule is CCOc1cc(C2C(C(=O)c3sc(C)nc3C)=C(O)C(=O)N2CCCn2ccnc2)ccc1OCCC(C)C. The van der Waals surface area contributed by atoms with Crippen molar-refractivity contribution in [2.24, 2.45) is 5.92 Å². The predicted molar refractivity (Wildman–Crippen MR) is 149 cm³/mol. The molecule has 0 aliphatic carbocycles. The zero-order chi connectivity index (χ0) is 28.1. The first kappa shape index (κ1) is 28.4. The van der Waals surface area contributed by atoms with Gasteiger partial charge in [-0.25, -0.2) is 9.97 Å². The molecular weight excluding hydrogens is 516 g/mol. The van der Waals surface area contributed by atoms with Gasteiger partial charge in [-0.05, 0) is 57.2 Å². The Morgan fingerprint density at radius 1 is 1.18 bits per heavy atom. The number of nitrogens with zero attached hydrogens (tertiary/aromatic N) is 4. The molecule has 2 aromatic heterocycles. The van der Waals surface area contributed by atoms with Crippen LogP contribution >= 0.6 is 11.3 Å². The number of imidazole rings is 1. The van der Waals surface area contributed by atoms with Gasteiger partial charge in [0.1, 0.15) is 0 Å². The van der Waals surface area contributed by atoms with Gasteiger partial charge in [-0.1, -0.05) is 19.9 Å². The number of ketones is 1. The average molecular weight is 553 g/mol. The van der Waals surface area contributed by atoms with Gasteiger partial charge in [0.25, 0.3) is 5.91 Å². The van der Waals surface area contributed by atoms with Crippen molar-refractivity contribution in [1.82, 2.24) is 19.4 Å². The summed E-state index contributed by atoms with van der Waals surface area (Å²) in [6.45, 7) is 11.7. The predicted octanol–water partition coefficient (Wildman–Crippen LogP) is 5.45. The van der Waals surface area contributed by atoms with Gasteiger partial charge in [0.15, 0.2) is 17.3 Å². The fourth-order valence-corrected chi connectivity index (χ4v) is 5.53. The molecule has 1 aliphatic rings. The molecule has 10 heteroatoms. The van der Waals surface area contributed by atoms with Gasteiger partial charge >= 0.3 is 0 Å². The summed E-state index contributed by atoms with van der Waals surface area (Å²) in [5, 5.41) is 11.8. The van der Waals surface area contributed by atoms with E-state index in [0.29, 0.717) is 66.3 Å². The number of aliphatic hydroxyl groups excluding tert-OH is 1. The van der Waals surface area contributed by atoms with E-state index in [-0.39, 0.29) is 11.4 Å². The summed E-state index contributed by atoms with van der Waals surface area (Å²) in [7, 11) is 0. The van der Waals surface area contributed by atoms with E-state index in [1.165, 1.54) is 11.3 Å². The summed E-state index contributed by atoms with van der Waals surface area (Å²) >= 11 is 1.26. The number of carbonyl (C=O) groups is 2. The molecule has 9 nitrogen and oxygen atoms in total. The Kier molecular flexibility index (Phi) is 9.06. The molecule has 0 spiro atoms. The van der Waals surface area contributed by atoms with E-state index in [2.05, 4.69) is 23.8 Å². The van der Waals surface area contributed by atoms with Gasteiger partial charge in [0.05, 0.1) is 46.7 Å². The molecule has 3 aromatic rings. The number of carbonyl (C=O) groups excluding carboxylic acids is 2. The van der Waals surface area contributed by atoms with Crippen LogP contribution in [0.15, 0.2) is 48.3 Å². The van der Waals surface area contributed by atoms with E-state index in [0.717, 1.165) is 11.4 Å². The molecule has 1 N–H and O–H groups in total. The van der Waals surface area contributed by atoms with Crippen LogP contribution in [0.3, 0.4) is 0 Å². The molecule has 39 heavy (non-hydrogen) atoms. The lowest BCUT2D eigenvalue weighted by atomic mass is 9.94. The summed E-state index contributed by atoms with van der Waals surface area (Å²) in [5.41, 5.74) is 1.30. The lowest BCUT2D eigenvalue weighted by Crippen LogP contribution is -2.32. The molecular formula is C29H36N4O5S. The van der Waals surface area contributed by atoms with Crippen molar-refractivity contribution in [3.63, 3.8) is 0 Å². The highest BCUT2D eigenvalue weighted by atomic mass is 32.1. The van der Waals surface area contributed by atoms with Crippen LogP contribution < -0.4 is 9.47 Å². The summed E-state index contributed by atoms with van der Waals surface area (Å²) in [4.78, 5) is 37.6. The second-order valence-corrected chi connectivity index (χ2v) is 11.2. The molecule has 208 valence electrons. The Balaban J connectivity index is 1.71. The average Bonchev–Trinajstić information content (AvgIpc) is 3.59. The van der Waals surface area contributed by atoms with E-state index in [1.54, 1.807) is 24.3 Å². The fourth-order valence-electron chi connectivity index (χ4n) is 4.66. The molecule has 1 aromatic carbocycles. The second-order valence-electron chi connectivity index (χ2n) is 9.96. The minimum absolute atomic E-state index is 0.0605. The number of rotatable bonds is 13. The van der Waals surface area contributed by atoms with E-state index in [4.69, 9.17) is 9.47 Å². The summed E-state index contributed by atoms with van der Waals surface area (Å²) in [6.07, 6.45) is 6.79. The van der Waals surface area contributed by atoms with Crippen LogP contribution in [0, 0.1) is 19.8 Å². The van der Waals surface area contributed by atoms with Crippen molar-refractivity contribution < 1.29 is 24.2 Å². The lowest BCUT2D eigenvalue weighted by Gasteiger charge is -2.27. The van der Waals surface area contributed by atoms with Crippen LogP contribution in [0.2, 0.25) is 0 Å². The number of ether oxygens (including phenoxy) is 2. The maximum absolute atomic E-state index is 13.8. The minimum Gasteiger partial charge on any atom is -0.503 e. The molecule has 0 saturated carbocycles. The van der Waals surface area contributed by atoms with Crippen molar-refractivity contribution in [1.29, 1.82) is 0 Å². The van der Waals surface area contributed by atoms with Crippen LogP contribution in [0.5, 0.6) is 11.5 Å². The largest absolute Gasteiger partial charge is 0.503 e. The molecule has 1 atom stereocenters. The number of aliphatic hydroxyl groups is 1. The number of benzene rings is 1. The van der Waals surface area contributed by atoms with Crippen LogP contribution in [-0.4, -0.2) is 56.0 Å². The molecule has 0 bridgehead atoms. The Morgan fingerprint density at radius 3 is 2.62 bits per heavy atom. The van der Waals surface area contributed by atoms with Gasteiger partial charge in [-0.3, -0.25) is 9.59 Å². The Hall–Kier alpha value is -3.66. The third kappa shape index (κ3) is 6.33. The maximum atomic E-state index is 13.8. The first-order valence-corrected chi connectivity index (χ1v) is 14.1. The molecule has 3 heterocycles. The first-order valence-electron chi connectivity index (χ1n) is 13.3. The lowest BCUT2D eigenvalue weighted by molar-refractivity contribution is -0.129. The maximum Gasteiger partial charge on any atom is 0.290 e. The van der Waals surface area contributed by atoms with Gasteiger partial charge in [0.2, 0.25) is 5.78 Å². The zero-order valence-electron chi connectivity index (χ0n) is 23.1. The first-order chi connectivity index (χ1) is 18.7. The van der Waals surface area contributed by atoms with E-state index >= 15 is 0 Å². The number of amides is 1. The fraction of sp³-hybridized carbons (Fsp3) is 0.448. The topological polar surface area (TPSA) is 107 Å². The van der Waals surface area contributed by atoms with Gasteiger partial charge in [0, 0.05) is 25.5 Å². The summed E-state index contributed by atoms with van der Waals surface area (Å²) < 4.78 is 13.8. The molecule has 1 aliphatic heterocycles. The summed E-state index contributed by atoms with van der Waals surface area (Å²) in [6, 6.07) is 4.68. The molecule has 0 saturated heterocycles. The Labute approximate surface area is 233 Å². The number of hydrogen-bond donors (Lipinski definition) is 1. The van der Waals surface area contributed by atoms with Crippen LogP contribution in [0.25, 0.3) is 0 Å². The van der Waals surface area contributed by atoms with Crippen molar-refractivity contribution in [3.05, 3.63) is 69.4 Å². The Morgan fingerprint density at radius 2 is 1.97 bits per heavy atom.